The lowest BCUT2D eigenvalue weighted by Crippen LogP contribution is -2.24. The van der Waals surface area contributed by atoms with E-state index in [1.54, 1.807) is 0 Å². The highest BCUT2D eigenvalue weighted by Crippen LogP contribution is 2.48. The minimum absolute atomic E-state index is 0.115. The number of rotatable bonds is 6. The fraction of sp³-hybridized carbons (Fsp3) is 0.588. The average molecular weight is 323 g/mol. The number of hydrogen-bond acceptors (Lipinski definition) is 5. The molecule has 0 amide bonds. The number of ether oxygens (including phenoxy) is 2. The maximum atomic E-state index is 11.9. The van der Waals surface area contributed by atoms with Gasteiger partial charge in [-0.3, -0.25) is 0 Å². The Morgan fingerprint density at radius 2 is 1.78 bits per heavy atom. The Morgan fingerprint density at radius 1 is 1.17 bits per heavy atom. The van der Waals surface area contributed by atoms with E-state index in [1.165, 1.54) is 20.6 Å². The number of anilines is 1. The van der Waals surface area contributed by atoms with Gasteiger partial charge in [0.1, 0.15) is 0 Å². The topological polar surface area (TPSA) is 88.0 Å². The first kappa shape index (κ1) is 17.2. The summed E-state index contributed by atoms with van der Waals surface area (Å²) in [5, 5.41) is 23.4. The molecule has 0 aromatic heterocycles. The molecule has 6 nitrogen and oxygen atoms in total. The van der Waals surface area contributed by atoms with Crippen LogP contribution in [0, 0.1) is 0 Å². The van der Waals surface area contributed by atoms with Crippen LogP contribution >= 0.6 is 0 Å². The molecule has 1 fully saturated rings. The van der Waals surface area contributed by atoms with Gasteiger partial charge in [-0.1, -0.05) is 26.2 Å². The number of phenols is 1. The lowest BCUT2D eigenvalue weighted by atomic mass is 9.93. The van der Waals surface area contributed by atoms with E-state index in [2.05, 4.69) is 5.32 Å². The average Bonchev–Trinajstić information content (AvgIpc) is 2.55. The van der Waals surface area contributed by atoms with Crippen molar-refractivity contribution in [1.82, 2.24) is 0 Å². The minimum atomic E-state index is -1.06. The number of nitrogens with one attached hydrogen (secondary N) is 1. The number of hydrogen-bond donors (Lipinski definition) is 3. The van der Waals surface area contributed by atoms with E-state index in [9.17, 15) is 15.0 Å². The molecule has 2 rings (SSSR count). The van der Waals surface area contributed by atoms with Gasteiger partial charge in [-0.05, 0) is 19.3 Å². The molecule has 0 radical (unpaired) electrons. The lowest BCUT2D eigenvalue weighted by Gasteiger charge is -2.27. The van der Waals surface area contributed by atoms with Crippen molar-refractivity contribution in [2.24, 2.45) is 0 Å². The zero-order valence-corrected chi connectivity index (χ0v) is 13.9. The van der Waals surface area contributed by atoms with Gasteiger partial charge in [0.05, 0.1) is 25.5 Å². The summed E-state index contributed by atoms with van der Waals surface area (Å²) in [6.45, 7) is 1.83. The number of carbonyl (C=O) groups is 1. The molecule has 128 valence electrons. The second-order valence-electron chi connectivity index (χ2n) is 5.78. The van der Waals surface area contributed by atoms with Crippen LogP contribution in [0.15, 0.2) is 0 Å². The van der Waals surface area contributed by atoms with Gasteiger partial charge >= 0.3 is 5.97 Å². The van der Waals surface area contributed by atoms with Crippen molar-refractivity contribution in [2.75, 3.05) is 19.5 Å². The molecule has 0 bridgehead atoms. The third-order valence-electron chi connectivity index (χ3n) is 4.41. The van der Waals surface area contributed by atoms with Crippen molar-refractivity contribution in [3.63, 3.8) is 0 Å². The van der Waals surface area contributed by atoms with Crippen LogP contribution in [0.3, 0.4) is 0 Å². The zero-order valence-electron chi connectivity index (χ0n) is 13.9. The first-order valence-corrected chi connectivity index (χ1v) is 8.04. The number of carboxylic acids is 1. The Hall–Kier alpha value is -2.11. The van der Waals surface area contributed by atoms with Crippen LogP contribution in [0.1, 0.15) is 54.9 Å². The normalized spacial score (nSPS) is 15.3. The largest absolute Gasteiger partial charge is 0.502 e. The molecule has 0 saturated heterocycles. The Morgan fingerprint density at radius 3 is 2.26 bits per heavy atom. The molecule has 0 spiro atoms. The van der Waals surface area contributed by atoms with Crippen LogP contribution in [0.4, 0.5) is 5.69 Å². The van der Waals surface area contributed by atoms with Gasteiger partial charge in [0.2, 0.25) is 5.75 Å². The molecular formula is C17H25NO5. The smallest absolute Gasteiger partial charge is 0.338 e. The zero-order chi connectivity index (χ0) is 17.0. The van der Waals surface area contributed by atoms with E-state index >= 15 is 0 Å². The van der Waals surface area contributed by atoms with Gasteiger partial charge < -0.3 is 25.0 Å². The van der Waals surface area contributed by atoms with Crippen molar-refractivity contribution in [2.45, 2.75) is 51.5 Å². The SMILES string of the molecule is CCc1c(OC)c(O)c(OC)c(NC2CCCCC2)c1C(=O)O. The summed E-state index contributed by atoms with van der Waals surface area (Å²) in [5.41, 5.74) is 0.934. The second-order valence-corrected chi connectivity index (χ2v) is 5.78. The molecule has 6 heteroatoms. The predicted molar refractivity (Wildman–Crippen MR) is 88.0 cm³/mol. The van der Waals surface area contributed by atoms with Gasteiger partial charge in [-0.2, -0.15) is 0 Å². The Bertz CT molecular complexity index is 579. The molecule has 1 saturated carbocycles. The fourth-order valence-electron chi connectivity index (χ4n) is 3.32. The van der Waals surface area contributed by atoms with E-state index in [4.69, 9.17) is 9.47 Å². The van der Waals surface area contributed by atoms with E-state index in [0.717, 1.165) is 25.7 Å². The van der Waals surface area contributed by atoms with Gasteiger partial charge in [-0.25, -0.2) is 4.79 Å². The molecule has 0 unspecified atom stereocenters. The van der Waals surface area contributed by atoms with Crippen LogP contribution in [0.25, 0.3) is 0 Å². The van der Waals surface area contributed by atoms with Crippen molar-refractivity contribution >= 4 is 11.7 Å². The Balaban J connectivity index is 2.60. The van der Waals surface area contributed by atoms with Gasteiger partial charge in [0.25, 0.3) is 0 Å². The van der Waals surface area contributed by atoms with Crippen LogP contribution in [-0.4, -0.2) is 36.4 Å². The van der Waals surface area contributed by atoms with Crippen molar-refractivity contribution in [3.8, 4) is 17.2 Å². The summed E-state index contributed by atoms with van der Waals surface area (Å²) >= 11 is 0. The highest BCUT2D eigenvalue weighted by atomic mass is 16.5. The highest BCUT2D eigenvalue weighted by Gasteiger charge is 2.29. The molecule has 23 heavy (non-hydrogen) atoms. The fourth-order valence-corrected chi connectivity index (χ4v) is 3.32. The molecule has 3 N–H and O–H groups in total. The van der Waals surface area contributed by atoms with Crippen LogP contribution < -0.4 is 14.8 Å². The van der Waals surface area contributed by atoms with Crippen LogP contribution in [0.2, 0.25) is 0 Å². The number of aromatic carboxylic acids is 1. The molecule has 1 aliphatic carbocycles. The summed E-state index contributed by atoms with van der Waals surface area (Å²) in [7, 11) is 2.82. The standard InChI is InChI=1S/C17H25NO5/c1-4-11-12(17(20)21)13(18-10-8-6-5-7-9-10)16(23-3)14(19)15(11)22-2/h10,18-19H,4-9H2,1-3H3,(H,20,21). The number of benzene rings is 1. The molecule has 1 aliphatic rings. The van der Waals surface area contributed by atoms with Crippen molar-refractivity contribution < 1.29 is 24.5 Å². The molecule has 0 heterocycles. The maximum Gasteiger partial charge on any atom is 0.338 e. The third-order valence-corrected chi connectivity index (χ3v) is 4.41. The number of phenolic OH excluding ortho intramolecular Hbond substituents is 1. The molecule has 1 aromatic carbocycles. The second kappa shape index (κ2) is 7.44. The minimum Gasteiger partial charge on any atom is -0.502 e. The third kappa shape index (κ3) is 3.30. The van der Waals surface area contributed by atoms with Crippen LogP contribution in [-0.2, 0) is 6.42 Å². The quantitative estimate of drug-likeness (QED) is 0.743. The van der Waals surface area contributed by atoms with Crippen molar-refractivity contribution in [3.05, 3.63) is 11.1 Å². The Kier molecular flexibility index (Phi) is 5.58. The maximum absolute atomic E-state index is 11.9. The molecular weight excluding hydrogens is 298 g/mol. The summed E-state index contributed by atoms with van der Waals surface area (Å²) in [6.07, 6.45) is 5.83. The monoisotopic (exact) mass is 323 g/mol. The summed E-state index contributed by atoms with van der Waals surface area (Å²) < 4.78 is 10.5. The predicted octanol–water partition coefficient (Wildman–Crippen LogP) is 3.41. The van der Waals surface area contributed by atoms with E-state index < -0.39 is 5.97 Å². The van der Waals surface area contributed by atoms with E-state index in [0.29, 0.717) is 17.7 Å². The van der Waals surface area contributed by atoms with Gasteiger partial charge in [0, 0.05) is 11.6 Å². The first-order chi connectivity index (χ1) is 11.0. The van der Waals surface area contributed by atoms with Gasteiger partial charge in [0.15, 0.2) is 11.5 Å². The number of methoxy groups -OCH3 is 2. The summed E-state index contributed by atoms with van der Waals surface area (Å²) in [6, 6.07) is 0.188. The Labute approximate surface area is 136 Å². The van der Waals surface area contributed by atoms with Crippen molar-refractivity contribution in [1.29, 1.82) is 0 Å². The van der Waals surface area contributed by atoms with E-state index in [1.807, 2.05) is 6.92 Å². The first-order valence-electron chi connectivity index (χ1n) is 8.04. The molecule has 0 aliphatic heterocycles. The molecule has 1 aromatic rings. The number of aromatic hydroxyl groups is 1. The lowest BCUT2D eigenvalue weighted by molar-refractivity contribution is 0.0696. The van der Waals surface area contributed by atoms with Gasteiger partial charge in [-0.15, -0.1) is 0 Å². The summed E-state index contributed by atoms with van der Waals surface area (Å²) in [5.74, 6) is -0.926. The van der Waals surface area contributed by atoms with E-state index in [-0.39, 0.29) is 28.9 Å². The molecule has 0 atom stereocenters. The summed E-state index contributed by atoms with van der Waals surface area (Å²) in [4.78, 5) is 11.9. The van der Waals surface area contributed by atoms with Crippen LogP contribution in [0.5, 0.6) is 17.2 Å². The highest BCUT2D eigenvalue weighted by molar-refractivity contribution is 6.00. The number of carboxylic acid groups (broad SMARTS) is 1.